The van der Waals surface area contributed by atoms with Crippen molar-refractivity contribution >= 4 is 11.9 Å². The number of nitrogens with one attached hydrogen (secondary N) is 1. The van der Waals surface area contributed by atoms with E-state index in [9.17, 15) is 14.0 Å². The molecule has 6 heteroatoms. The molecular weight excluding hydrogens is 361 g/mol. The minimum atomic E-state index is -0.623. The first-order valence-electron chi connectivity index (χ1n) is 10.3. The summed E-state index contributed by atoms with van der Waals surface area (Å²) in [6, 6.07) is 5.47. The quantitative estimate of drug-likeness (QED) is 0.726. The van der Waals surface area contributed by atoms with Crippen molar-refractivity contribution in [2.45, 2.75) is 51.5 Å². The lowest BCUT2D eigenvalue weighted by Crippen LogP contribution is -2.56. The van der Waals surface area contributed by atoms with Crippen LogP contribution in [-0.2, 0) is 14.3 Å². The zero-order valence-electron chi connectivity index (χ0n) is 16.3. The van der Waals surface area contributed by atoms with E-state index in [2.05, 4.69) is 12.2 Å². The molecule has 4 aliphatic rings. The summed E-state index contributed by atoms with van der Waals surface area (Å²) < 4.78 is 23.1. The molecule has 5 nitrogen and oxygen atoms in total. The van der Waals surface area contributed by atoms with Crippen LogP contribution in [0.4, 0.5) is 4.39 Å². The van der Waals surface area contributed by atoms with Crippen molar-refractivity contribution in [3.05, 3.63) is 30.1 Å². The van der Waals surface area contributed by atoms with E-state index in [1.807, 2.05) is 0 Å². The van der Waals surface area contributed by atoms with Gasteiger partial charge in [-0.1, -0.05) is 0 Å². The van der Waals surface area contributed by atoms with Crippen LogP contribution in [0.1, 0.15) is 45.4 Å². The highest BCUT2D eigenvalue weighted by Gasteiger charge is 2.53. The van der Waals surface area contributed by atoms with Gasteiger partial charge in [-0.25, -0.2) is 9.18 Å². The van der Waals surface area contributed by atoms with E-state index in [-0.39, 0.29) is 36.4 Å². The largest absolute Gasteiger partial charge is 0.482 e. The lowest BCUT2D eigenvalue weighted by molar-refractivity contribution is -0.151. The van der Waals surface area contributed by atoms with Crippen molar-refractivity contribution in [1.29, 1.82) is 0 Å². The topological polar surface area (TPSA) is 64.6 Å². The van der Waals surface area contributed by atoms with Crippen LogP contribution >= 0.6 is 0 Å². The minimum Gasteiger partial charge on any atom is -0.482 e. The predicted octanol–water partition coefficient (Wildman–Crippen LogP) is 3.47. The van der Waals surface area contributed by atoms with E-state index in [1.54, 1.807) is 0 Å². The normalized spacial score (nSPS) is 31.3. The number of ether oxygens (including phenoxy) is 2. The second-order valence-corrected chi connectivity index (χ2v) is 8.97. The van der Waals surface area contributed by atoms with Gasteiger partial charge in [-0.2, -0.15) is 0 Å². The number of halogens is 1. The monoisotopic (exact) mass is 389 g/mol. The van der Waals surface area contributed by atoms with Gasteiger partial charge in [0.25, 0.3) is 5.91 Å². The average molecular weight is 389 g/mol. The summed E-state index contributed by atoms with van der Waals surface area (Å²) in [7, 11) is 0. The molecule has 4 aliphatic carbocycles. The van der Waals surface area contributed by atoms with Crippen molar-refractivity contribution in [3.8, 4) is 5.75 Å². The molecule has 0 unspecified atom stereocenters. The molecule has 0 spiro atoms. The Morgan fingerprint density at radius 1 is 1.07 bits per heavy atom. The molecule has 0 heterocycles. The lowest BCUT2D eigenvalue weighted by atomic mass is 9.48. The maximum absolute atomic E-state index is 12.8. The number of carbonyl (C=O) groups excluding carboxylic acids is 2. The smallest absolute Gasteiger partial charge is 0.344 e. The van der Waals surface area contributed by atoms with Crippen molar-refractivity contribution in [2.24, 2.45) is 23.2 Å². The van der Waals surface area contributed by atoms with Gasteiger partial charge < -0.3 is 14.8 Å². The van der Waals surface area contributed by atoms with Crippen LogP contribution in [0.2, 0.25) is 0 Å². The maximum Gasteiger partial charge on any atom is 0.344 e. The standard InChI is InChI=1S/C22H28FNO4/c1-14(22-9-15-6-16(10-22)8-17(7-15)11-22)24-20(25)12-28-21(26)13-27-19-4-2-18(23)3-5-19/h2-5,14-17H,6-13H2,1H3,(H,24,25)/t14-,15?,16?,17?,22?/m0/s1. The summed E-state index contributed by atoms with van der Waals surface area (Å²) in [6.45, 7) is 1.48. The van der Waals surface area contributed by atoms with Gasteiger partial charge in [0.15, 0.2) is 13.2 Å². The molecule has 1 amide bonds. The molecule has 0 aromatic heterocycles. The Hall–Kier alpha value is -2.11. The highest BCUT2D eigenvalue weighted by atomic mass is 19.1. The van der Waals surface area contributed by atoms with Crippen molar-refractivity contribution in [3.63, 3.8) is 0 Å². The molecule has 4 saturated carbocycles. The third-order valence-electron chi connectivity index (χ3n) is 6.92. The molecule has 0 saturated heterocycles. The number of esters is 1. The number of carbonyl (C=O) groups is 2. The Labute approximate surface area is 165 Å². The summed E-state index contributed by atoms with van der Waals surface area (Å²) >= 11 is 0. The van der Waals surface area contributed by atoms with Crippen LogP contribution in [0.3, 0.4) is 0 Å². The van der Waals surface area contributed by atoms with Gasteiger partial charge >= 0.3 is 5.97 Å². The number of hydrogen-bond donors (Lipinski definition) is 1. The van der Waals surface area contributed by atoms with Crippen molar-refractivity contribution < 1.29 is 23.5 Å². The SMILES string of the molecule is C[C@H](NC(=O)COC(=O)COc1ccc(F)cc1)C12CC3CC(CC(C3)C1)C2. The van der Waals surface area contributed by atoms with E-state index in [4.69, 9.17) is 9.47 Å². The van der Waals surface area contributed by atoms with Crippen molar-refractivity contribution in [2.75, 3.05) is 13.2 Å². The van der Waals surface area contributed by atoms with Gasteiger partial charge in [-0.3, -0.25) is 4.79 Å². The zero-order valence-corrected chi connectivity index (χ0v) is 16.3. The first-order chi connectivity index (χ1) is 13.4. The van der Waals surface area contributed by atoms with Gasteiger partial charge in [0.1, 0.15) is 11.6 Å². The molecule has 0 radical (unpaired) electrons. The van der Waals surface area contributed by atoms with E-state index >= 15 is 0 Å². The molecule has 28 heavy (non-hydrogen) atoms. The third kappa shape index (κ3) is 4.15. The number of benzene rings is 1. The van der Waals surface area contributed by atoms with Gasteiger partial charge in [-0.15, -0.1) is 0 Å². The Kier molecular flexibility index (Phi) is 5.30. The Morgan fingerprint density at radius 2 is 1.64 bits per heavy atom. The first kappa shape index (κ1) is 19.2. The fourth-order valence-electron chi connectivity index (χ4n) is 6.00. The van der Waals surface area contributed by atoms with Gasteiger partial charge in [-0.05, 0) is 92.9 Å². The number of hydrogen-bond acceptors (Lipinski definition) is 4. The average Bonchev–Trinajstić information content (AvgIpc) is 2.65. The fraction of sp³-hybridized carbons (Fsp3) is 0.636. The molecule has 1 atom stereocenters. The van der Waals surface area contributed by atoms with Gasteiger partial charge in [0.2, 0.25) is 0 Å². The molecule has 5 rings (SSSR count). The number of rotatable bonds is 7. The molecule has 4 bridgehead atoms. The summed E-state index contributed by atoms with van der Waals surface area (Å²) in [4.78, 5) is 24.1. The van der Waals surface area contributed by atoms with Crippen molar-refractivity contribution in [1.82, 2.24) is 5.32 Å². The van der Waals surface area contributed by atoms with E-state index in [0.717, 1.165) is 17.8 Å². The molecular formula is C22H28FNO4. The summed E-state index contributed by atoms with van der Waals surface area (Å²) in [5, 5.41) is 3.07. The molecule has 0 aliphatic heterocycles. The maximum atomic E-state index is 12.8. The molecule has 152 valence electrons. The highest BCUT2D eigenvalue weighted by Crippen LogP contribution is 2.61. The van der Waals surface area contributed by atoms with Crippen LogP contribution in [0, 0.1) is 29.0 Å². The van der Waals surface area contributed by atoms with Crippen LogP contribution in [0.25, 0.3) is 0 Å². The Bertz CT molecular complexity index is 697. The van der Waals surface area contributed by atoms with E-state index < -0.39 is 5.97 Å². The summed E-state index contributed by atoms with van der Waals surface area (Å²) in [5.41, 5.74) is 0.222. The van der Waals surface area contributed by atoms with Crippen LogP contribution in [0.15, 0.2) is 24.3 Å². The zero-order chi connectivity index (χ0) is 19.7. The Balaban J connectivity index is 1.21. The van der Waals surface area contributed by atoms with E-state index in [0.29, 0.717) is 5.75 Å². The third-order valence-corrected chi connectivity index (χ3v) is 6.92. The van der Waals surface area contributed by atoms with Crippen LogP contribution in [0.5, 0.6) is 5.75 Å². The first-order valence-corrected chi connectivity index (χ1v) is 10.3. The minimum absolute atomic E-state index is 0.0996. The van der Waals surface area contributed by atoms with E-state index in [1.165, 1.54) is 62.8 Å². The Morgan fingerprint density at radius 3 is 2.21 bits per heavy atom. The summed E-state index contributed by atoms with van der Waals surface area (Å²) in [6.07, 6.45) is 7.74. The summed E-state index contributed by atoms with van der Waals surface area (Å²) in [5.74, 6) is 1.59. The van der Waals surface area contributed by atoms with Crippen LogP contribution < -0.4 is 10.1 Å². The predicted molar refractivity (Wildman–Crippen MR) is 101 cm³/mol. The highest BCUT2D eigenvalue weighted by molar-refractivity contribution is 5.81. The van der Waals surface area contributed by atoms with Crippen LogP contribution in [-0.4, -0.2) is 31.1 Å². The molecule has 4 fully saturated rings. The number of amides is 1. The lowest BCUT2D eigenvalue weighted by Gasteiger charge is -2.59. The fourth-order valence-corrected chi connectivity index (χ4v) is 6.00. The van der Waals surface area contributed by atoms with Gasteiger partial charge in [0.05, 0.1) is 0 Å². The molecule has 1 aromatic carbocycles. The molecule has 1 N–H and O–H groups in total. The van der Waals surface area contributed by atoms with Gasteiger partial charge in [0, 0.05) is 6.04 Å². The second kappa shape index (κ2) is 7.72. The second-order valence-electron chi connectivity index (χ2n) is 8.97. The molecule has 1 aromatic rings.